The lowest BCUT2D eigenvalue weighted by Gasteiger charge is -2.19. The molecule has 1 aliphatic rings. The van der Waals surface area contributed by atoms with Crippen molar-refractivity contribution in [2.24, 2.45) is 0 Å². The molecule has 1 saturated heterocycles. The number of rotatable bonds is 6. The first-order valence-electron chi connectivity index (χ1n) is 8.92. The van der Waals surface area contributed by atoms with E-state index in [1.165, 1.54) is 25.5 Å². The zero-order valence-electron chi connectivity index (χ0n) is 15.2. The predicted octanol–water partition coefficient (Wildman–Crippen LogP) is 3.82. The molecule has 1 amide bonds. The molecule has 26 heavy (non-hydrogen) atoms. The summed E-state index contributed by atoms with van der Waals surface area (Å²) < 4.78 is 5.49. The van der Waals surface area contributed by atoms with Crippen molar-refractivity contribution in [2.45, 2.75) is 26.7 Å². The molecule has 0 saturated carbocycles. The number of carbonyl (C=O) groups is 2. The first kappa shape index (κ1) is 18.0. The van der Waals surface area contributed by atoms with Crippen LogP contribution in [0.15, 0.2) is 42.5 Å². The average molecular weight is 352 g/mol. The largest absolute Gasteiger partial charge is 0.484 e. The molecule has 0 aliphatic carbocycles. The number of nitrogens with one attached hydrogen (secondary N) is 1. The van der Waals surface area contributed by atoms with Gasteiger partial charge in [-0.3, -0.25) is 9.59 Å². The maximum Gasteiger partial charge on any atom is 0.262 e. The van der Waals surface area contributed by atoms with E-state index in [0.29, 0.717) is 11.3 Å². The van der Waals surface area contributed by atoms with Gasteiger partial charge < -0.3 is 15.0 Å². The third-order valence-corrected chi connectivity index (χ3v) is 4.59. The highest BCUT2D eigenvalue weighted by Gasteiger charge is 2.14. The second-order valence-corrected chi connectivity index (χ2v) is 6.61. The Labute approximate surface area is 154 Å². The minimum absolute atomic E-state index is 0.00199. The molecule has 5 nitrogen and oxygen atoms in total. The van der Waals surface area contributed by atoms with E-state index in [9.17, 15) is 9.59 Å². The van der Waals surface area contributed by atoms with E-state index in [1.54, 1.807) is 24.3 Å². The Morgan fingerprint density at radius 3 is 2.38 bits per heavy atom. The summed E-state index contributed by atoms with van der Waals surface area (Å²) in [7, 11) is 0. The van der Waals surface area contributed by atoms with Gasteiger partial charge in [0.2, 0.25) is 0 Å². The van der Waals surface area contributed by atoms with E-state index in [2.05, 4.69) is 22.3 Å². The lowest BCUT2D eigenvalue weighted by molar-refractivity contribution is -0.118. The molecule has 0 spiro atoms. The number of amides is 1. The van der Waals surface area contributed by atoms with Crippen molar-refractivity contribution < 1.29 is 14.3 Å². The lowest BCUT2D eigenvalue weighted by atomic mass is 10.1. The van der Waals surface area contributed by atoms with Crippen LogP contribution in [-0.4, -0.2) is 31.4 Å². The molecule has 0 radical (unpaired) electrons. The smallest absolute Gasteiger partial charge is 0.262 e. The second-order valence-electron chi connectivity index (χ2n) is 6.61. The minimum atomic E-state index is -0.210. The van der Waals surface area contributed by atoms with E-state index in [1.807, 2.05) is 13.0 Å². The maximum atomic E-state index is 12.2. The van der Waals surface area contributed by atoms with Gasteiger partial charge in [0.1, 0.15) is 5.75 Å². The lowest BCUT2D eigenvalue weighted by Crippen LogP contribution is -2.21. The normalized spacial score (nSPS) is 13.5. The van der Waals surface area contributed by atoms with Crippen LogP contribution in [0.3, 0.4) is 0 Å². The van der Waals surface area contributed by atoms with Crippen molar-refractivity contribution in [3.8, 4) is 5.75 Å². The molecule has 2 aromatic carbocycles. The monoisotopic (exact) mass is 352 g/mol. The maximum absolute atomic E-state index is 12.2. The van der Waals surface area contributed by atoms with Crippen molar-refractivity contribution in [1.29, 1.82) is 0 Å². The number of ether oxygens (including phenoxy) is 1. The molecule has 3 rings (SSSR count). The van der Waals surface area contributed by atoms with E-state index in [0.717, 1.165) is 24.3 Å². The summed E-state index contributed by atoms with van der Waals surface area (Å²) in [6.07, 6.45) is 2.48. The molecule has 1 N–H and O–H groups in total. The van der Waals surface area contributed by atoms with E-state index in [-0.39, 0.29) is 18.3 Å². The van der Waals surface area contributed by atoms with Crippen LogP contribution in [0.2, 0.25) is 0 Å². The van der Waals surface area contributed by atoms with Gasteiger partial charge in [-0.05, 0) is 74.7 Å². The first-order chi connectivity index (χ1) is 12.5. The molecular weight excluding hydrogens is 328 g/mol. The Kier molecular flexibility index (Phi) is 5.56. The van der Waals surface area contributed by atoms with E-state index < -0.39 is 0 Å². The van der Waals surface area contributed by atoms with Gasteiger partial charge in [-0.1, -0.05) is 0 Å². The highest BCUT2D eigenvalue weighted by Crippen LogP contribution is 2.25. The highest BCUT2D eigenvalue weighted by molar-refractivity contribution is 5.94. The zero-order chi connectivity index (χ0) is 18.5. The number of carbonyl (C=O) groups excluding carboxylic acids is 2. The van der Waals surface area contributed by atoms with E-state index >= 15 is 0 Å². The summed E-state index contributed by atoms with van der Waals surface area (Å²) in [4.78, 5) is 25.8. The standard InChI is InChI=1S/C21H24N2O3/c1-15-13-18(23-11-3-4-12-23)7-10-20(15)22-21(25)14-26-19-8-5-17(6-9-19)16(2)24/h5-10,13H,3-4,11-12,14H2,1-2H3,(H,22,25). The Hall–Kier alpha value is -2.82. The van der Waals surface area contributed by atoms with Crippen LogP contribution in [0, 0.1) is 6.92 Å². The first-order valence-corrected chi connectivity index (χ1v) is 8.92. The van der Waals surface area contributed by atoms with Gasteiger partial charge in [-0.15, -0.1) is 0 Å². The summed E-state index contributed by atoms with van der Waals surface area (Å²) >= 11 is 0. The third-order valence-electron chi connectivity index (χ3n) is 4.59. The molecule has 0 bridgehead atoms. The van der Waals surface area contributed by atoms with Gasteiger partial charge in [0.15, 0.2) is 12.4 Å². The molecule has 0 aromatic heterocycles. The van der Waals surface area contributed by atoms with Gasteiger partial charge >= 0.3 is 0 Å². The SMILES string of the molecule is CC(=O)c1ccc(OCC(=O)Nc2ccc(N3CCCC3)cc2C)cc1. The van der Waals surface area contributed by atoms with Crippen LogP contribution in [0.25, 0.3) is 0 Å². The topological polar surface area (TPSA) is 58.6 Å². The van der Waals surface area contributed by atoms with Crippen LogP contribution in [0.4, 0.5) is 11.4 Å². The summed E-state index contributed by atoms with van der Waals surface area (Å²) in [5, 5.41) is 2.89. The van der Waals surface area contributed by atoms with Crippen molar-refractivity contribution in [1.82, 2.24) is 0 Å². The second kappa shape index (κ2) is 8.04. The van der Waals surface area contributed by atoms with Gasteiger partial charge in [-0.25, -0.2) is 0 Å². The Bertz CT molecular complexity index is 793. The number of nitrogens with zero attached hydrogens (tertiary/aromatic N) is 1. The van der Waals surface area contributed by atoms with Crippen molar-refractivity contribution in [3.05, 3.63) is 53.6 Å². The fourth-order valence-electron chi connectivity index (χ4n) is 3.08. The Morgan fingerprint density at radius 1 is 1.08 bits per heavy atom. The molecule has 0 unspecified atom stereocenters. The van der Waals surface area contributed by atoms with Crippen LogP contribution in [0.1, 0.15) is 35.7 Å². The molecular formula is C21H24N2O3. The van der Waals surface area contributed by atoms with Gasteiger partial charge in [0.05, 0.1) is 0 Å². The fraction of sp³-hybridized carbons (Fsp3) is 0.333. The van der Waals surface area contributed by atoms with Crippen LogP contribution in [-0.2, 0) is 4.79 Å². The summed E-state index contributed by atoms with van der Waals surface area (Å²) in [5.74, 6) is 0.353. The predicted molar refractivity (Wildman–Crippen MR) is 103 cm³/mol. The van der Waals surface area contributed by atoms with Gasteiger partial charge in [-0.2, -0.15) is 0 Å². The molecule has 136 valence electrons. The number of hydrogen-bond donors (Lipinski definition) is 1. The van der Waals surface area contributed by atoms with Crippen molar-refractivity contribution in [3.63, 3.8) is 0 Å². The van der Waals surface area contributed by atoms with Gasteiger partial charge in [0, 0.05) is 30.0 Å². The average Bonchev–Trinajstić information content (AvgIpc) is 3.17. The number of anilines is 2. The quantitative estimate of drug-likeness (QED) is 0.803. The minimum Gasteiger partial charge on any atom is -0.484 e. The van der Waals surface area contributed by atoms with Crippen LogP contribution >= 0.6 is 0 Å². The Balaban J connectivity index is 1.55. The highest BCUT2D eigenvalue weighted by atomic mass is 16.5. The number of Topliss-reactive ketones (excluding diaryl/α,β-unsaturated/α-hetero) is 1. The summed E-state index contributed by atoms with van der Waals surface area (Å²) in [6, 6.07) is 12.9. The molecule has 1 fully saturated rings. The third kappa shape index (κ3) is 4.42. The fourth-order valence-corrected chi connectivity index (χ4v) is 3.08. The molecule has 0 atom stereocenters. The summed E-state index contributed by atoms with van der Waals surface area (Å²) in [6.45, 7) is 5.63. The molecule has 2 aromatic rings. The molecule has 5 heteroatoms. The number of aryl methyl sites for hydroxylation is 1. The number of benzene rings is 2. The number of hydrogen-bond acceptors (Lipinski definition) is 4. The zero-order valence-corrected chi connectivity index (χ0v) is 15.2. The van der Waals surface area contributed by atoms with Crippen LogP contribution < -0.4 is 15.0 Å². The molecule has 1 aliphatic heterocycles. The van der Waals surface area contributed by atoms with Crippen molar-refractivity contribution in [2.75, 3.05) is 29.9 Å². The summed E-state index contributed by atoms with van der Waals surface area (Å²) in [5.41, 5.74) is 3.66. The van der Waals surface area contributed by atoms with E-state index in [4.69, 9.17) is 4.74 Å². The van der Waals surface area contributed by atoms with Crippen molar-refractivity contribution >= 4 is 23.1 Å². The van der Waals surface area contributed by atoms with Gasteiger partial charge in [0.25, 0.3) is 5.91 Å². The molecule has 1 heterocycles. The van der Waals surface area contributed by atoms with Crippen LogP contribution in [0.5, 0.6) is 5.75 Å². The number of ketones is 1. The Morgan fingerprint density at radius 2 is 1.77 bits per heavy atom.